The lowest BCUT2D eigenvalue weighted by atomic mass is 9.79. The Bertz CT molecular complexity index is 2230. The zero-order valence-corrected chi connectivity index (χ0v) is 30.6. The average Bonchev–Trinajstić information content (AvgIpc) is 3.77. The van der Waals surface area contributed by atoms with Crippen LogP contribution in [0.3, 0.4) is 0 Å². The molecule has 1 spiro atoms. The highest BCUT2D eigenvalue weighted by molar-refractivity contribution is 7.18. The number of methoxy groups -OCH3 is 1. The number of hydrogen-bond acceptors (Lipinski definition) is 8. The van der Waals surface area contributed by atoms with Gasteiger partial charge in [0.2, 0.25) is 0 Å². The Kier molecular flexibility index (Phi) is 8.97. The number of halogens is 2. The molecule has 3 aromatic heterocycles. The number of esters is 1. The number of ether oxygens (including phenoxy) is 2. The minimum Gasteiger partial charge on any atom is -0.491 e. The highest BCUT2D eigenvalue weighted by atomic mass is 35.5. The van der Waals surface area contributed by atoms with Crippen LogP contribution in [0.2, 0.25) is 5.02 Å². The molecule has 8 nitrogen and oxygen atoms in total. The summed E-state index contributed by atoms with van der Waals surface area (Å²) in [4.78, 5) is 39.1. The second-order valence-electron chi connectivity index (χ2n) is 14.2. The number of thiophene rings is 1. The summed E-state index contributed by atoms with van der Waals surface area (Å²) >= 11 is 7.92. The molecule has 2 fully saturated rings. The van der Waals surface area contributed by atoms with E-state index in [0.717, 1.165) is 83.4 Å². The van der Waals surface area contributed by atoms with Crippen LogP contribution in [-0.2, 0) is 23.1 Å². The molecule has 5 aromatic rings. The Morgan fingerprint density at radius 3 is 2.73 bits per heavy atom. The zero-order valence-electron chi connectivity index (χ0n) is 29.0. The summed E-state index contributed by atoms with van der Waals surface area (Å²) in [6.45, 7) is 5.31. The number of nitrogens with zero attached hydrogens (tertiary/aromatic N) is 4. The van der Waals surface area contributed by atoms with Crippen molar-refractivity contribution in [1.82, 2.24) is 19.4 Å². The van der Waals surface area contributed by atoms with Gasteiger partial charge < -0.3 is 9.47 Å². The van der Waals surface area contributed by atoms with Crippen LogP contribution >= 0.6 is 22.9 Å². The maximum absolute atomic E-state index is 14.4. The van der Waals surface area contributed by atoms with Gasteiger partial charge >= 0.3 is 5.97 Å². The van der Waals surface area contributed by atoms with Gasteiger partial charge in [0, 0.05) is 50.3 Å². The van der Waals surface area contributed by atoms with Gasteiger partial charge in [0.15, 0.2) is 0 Å². The summed E-state index contributed by atoms with van der Waals surface area (Å²) in [5.41, 5.74) is 6.15. The SMILES string of the molecule is COC(=O)c1csc2c(-c3cc(Cl)ccc3OCCn3c(C)nc4c(c3=O)CC(N3CCCCC3c3cccc(F)c3)CC43CC3)cc(C)nc12. The van der Waals surface area contributed by atoms with E-state index in [2.05, 4.69) is 9.88 Å². The van der Waals surface area contributed by atoms with Crippen LogP contribution in [0.4, 0.5) is 4.39 Å². The Hall–Kier alpha value is -4.12. The van der Waals surface area contributed by atoms with Crippen molar-refractivity contribution >= 4 is 39.1 Å². The van der Waals surface area contributed by atoms with Crippen LogP contribution in [0.1, 0.15) is 83.3 Å². The Morgan fingerprint density at radius 1 is 1.10 bits per heavy atom. The zero-order chi connectivity index (χ0) is 35.4. The van der Waals surface area contributed by atoms with Crippen molar-refractivity contribution in [3.63, 3.8) is 0 Å². The number of carbonyl (C=O) groups excluding carboxylic acids is 1. The van der Waals surface area contributed by atoms with E-state index in [1.54, 1.807) is 28.1 Å². The van der Waals surface area contributed by atoms with Crippen LogP contribution in [0.5, 0.6) is 5.75 Å². The average molecular weight is 727 g/mol. The van der Waals surface area contributed by atoms with E-state index >= 15 is 0 Å². The molecular formula is C40H40ClFN4O4S. The van der Waals surface area contributed by atoms with Crippen LogP contribution in [0, 0.1) is 19.7 Å². The van der Waals surface area contributed by atoms with Gasteiger partial charge in [0.05, 0.1) is 35.1 Å². The Morgan fingerprint density at radius 2 is 1.94 bits per heavy atom. The summed E-state index contributed by atoms with van der Waals surface area (Å²) in [5, 5.41) is 2.31. The standard InChI is InChI=1S/C40H40ClFN4O4S/c1-23-17-30(36-35(43-23)32(22-51-36)39(48)49-3)29-19-26(41)10-11-34(29)50-16-15-45-24(2)44-37-31(38(45)47)20-28(21-40(37)12-13-40)46-14-5-4-9-33(46)25-7-6-8-27(42)18-25/h6-8,10-11,17-19,22,28,33H,4-5,9,12-16,20-21H2,1-3H3. The fourth-order valence-electron chi connectivity index (χ4n) is 8.41. The number of fused-ring (bicyclic) bond motifs is 3. The lowest BCUT2D eigenvalue weighted by molar-refractivity contribution is 0.0603. The number of pyridine rings is 1. The largest absolute Gasteiger partial charge is 0.491 e. The molecule has 0 N–H and O–H groups in total. The third-order valence-electron chi connectivity index (χ3n) is 11.0. The second-order valence-corrected chi connectivity index (χ2v) is 15.5. The fraction of sp³-hybridized carbons (Fsp3) is 0.400. The van der Waals surface area contributed by atoms with Crippen LogP contribution in [0.15, 0.2) is 58.7 Å². The van der Waals surface area contributed by atoms with Gasteiger partial charge in [-0.15, -0.1) is 11.3 Å². The van der Waals surface area contributed by atoms with E-state index in [-0.39, 0.29) is 35.5 Å². The van der Waals surface area contributed by atoms with Crippen molar-refractivity contribution in [1.29, 1.82) is 0 Å². The number of aryl methyl sites for hydroxylation is 2. The molecule has 2 aliphatic carbocycles. The summed E-state index contributed by atoms with van der Waals surface area (Å²) in [6.07, 6.45) is 6.92. The first-order valence-corrected chi connectivity index (χ1v) is 18.9. The first-order valence-electron chi connectivity index (χ1n) is 17.7. The molecule has 0 amide bonds. The number of piperidine rings is 1. The number of likely N-dealkylation sites (tertiary alicyclic amines) is 1. The normalized spacial score (nSPS) is 19.6. The molecule has 264 valence electrons. The van der Waals surface area contributed by atoms with Gasteiger partial charge in [-0.25, -0.2) is 14.2 Å². The Balaban J connectivity index is 1.07. The minimum atomic E-state index is -0.436. The van der Waals surface area contributed by atoms with E-state index in [9.17, 15) is 14.0 Å². The first kappa shape index (κ1) is 34.0. The predicted molar refractivity (Wildman–Crippen MR) is 198 cm³/mol. The summed E-state index contributed by atoms with van der Waals surface area (Å²) < 4.78 is 28.3. The second kappa shape index (κ2) is 13.5. The number of carbonyl (C=O) groups is 1. The van der Waals surface area contributed by atoms with Crippen LogP contribution < -0.4 is 10.3 Å². The van der Waals surface area contributed by atoms with Gasteiger partial charge in [-0.05, 0) is 101 Å². The number of aromatic nitrogens is 3. The fourth-order valence-corrected chi connectivity index (χ4v) is 9.59. The molecule has 11 heteroatoms. The maximum atomic E-state index is 14.4. The summed E-state index contributed by atoms with van der Waals surface area (Å²) in [6, 6.07) is 14.8. The molecule has 2 atom stereocenters. The van der Waals surface area contributed by atoms with Crippen molar-refractivity contribution in [2.24, 2.45) is 0 Å². The topological polar surface area (TPSA) is 86.5 Å². The highest BCUT2D eigenvalue weighted by Gasteiger charge is 2.53. The van der Waals surface area contributed by atoms with Crippen molar-refractivity contribution in [2.45, 2.75) is 82.8 Å². The van der Waals surface area contributed by atoms with E-state index in [4.69, 9.17) is 26.1 Å². The summed E-state index contributed by atoms with van der Waals surface area (Å²) in [7, 11) is 1.36. The molecule has 1 saturated heterocycles. The third kappa shape index (κ3) is 6.25. The molecule has 8 rings (SSSR count). The Labute approximate surface area is 305 Å². The van der Waals surface area contributed by atoms with E-state index in [1.165, 1.54) is 24.5 Å². The van der Waals surface area contributed by atoms with E-state index < -0.39 is 5.97 Å². The highest BCUT2D eigenvalue weighted by Crippen LogP contribution is 2.55. The van der Waals surface area contributed by atoms with Gasteiger partial charge in [-0.3, -0.25) is 19.2 Å². The maximum Gasteiger partial charge on any atom is 0.340 e. The monoisotopic (exact) mass is 726 g/mol. The van der Waals surface area contributed by atoms with Crippen LogP contribution in [0.25, 0.3) is 21.3 Å². The molecule has 4 heterocycles. The molecule has 2 unspecified atom stereocenters. The molecule has 3 aliphatic rings. The third-order valence-corrected chi connectivity index (χ3v) is 12.2. The first-order chi connectivity index (χ1) is 24.7. The van der Waals surface area contributed by atoms with Crippen molar-refractivity contribution in [2.75, 3.05) is 20.3 Å². The van der Waals surface area contributed by atoms with Crippen molar-refractivity contribution in [3.05, 3.63) is 109 Å². The molecule has 2 aromatic carbocycles. The number of hydrogen-bond donors (Lipinski definition) is 0. The summed E-state index contributed by atoms with van der Waals surface area (Å²) in [5.74, 6) is 0.666. The molecule has 0 bridgehead atoms. The number of benzene rings is 2. The van der Waals surface area contributed by atoms with Crippen molar-refractivity contribution in [3.8, 4) is 16.9 Å². The van der Waals surface area contributed by atoms with Crippen molar-refractivity contribution < 1.29 is 18.7 Å². The predicted octanol–water partition coefficient (Wildman–Crippen LogP) is 8.37. The molecular weight excluding hydrogens is 687 g/mol. The lowest BCUT2D eigenvalue weighted by Crippen LogP contribution is -2.49. The van der Waals surface area contributed by atoms with Crippen LogP contribution in [-0.4, -0.2) is 51.7 Å². The lowest BCUT2D eigenvalue weighted by Gasteiger charge is -2.45. The van der Waals surface area contributed by atoms with E-state index in [0.29, 0.717) is 40.6 Å². The van der Waals surface area contributed by atoms with Gasteiger partial charge in [0.1, 0.15) is 24.0 Å². The van der Waals surface area contributed by atoms with Gasteiger partial charge in [-0.1, -0.05) is 30.2 Å². The smallest absolute Gasteiger partial charge is 0.340 e. The molecule has 1 saturated carbocycles. The molecule has 0 radical (unpaired) electrons. The van der Waals surface area contributed by atoms with E-state index in [1.807, 2.05) is 38.1 Å². The molecule has 1 aliphatic heterocycles. The van der Waals surface area contributed by atoms with Gasteiger partial charge in [-0.2, -0.15) is 0 Å². The quantitative estimate of drug-likeness (QED) is 0.149. The minimum absolute atomic E-state index is 0.00751. The molecule has 51 heavy (non-hydrogen) atoms. The number of rotatable bonds is 8. The van der Waals surface area contributed by atoms with Gasteiger partial charge in [0.25, 0.3) is 5.56 Å².